The van der Waals surface area contributed by atoms with Crippen molar-refractivity contribution in [3.05, 3.63) is 63.2 Å². The molecule has 0 saturated carbocycles. The summed E-state index contributed by atoms with van der Waals surface area (Å²) in [4.78, 5) is 24.5. The molecule has 4 heterocycles. The highest BCUT2D eigenvalue weighted by Gasteiger charge is 2.30. The normalized spacial score (nSPS) is 20.1. The van der Waals surface area contributed by atoms with Crippen molar-refractivity contribution in [1.82, 2.24) is 35.2 Å². The first kappa shape index (κ1) is 22.1. The van der Waals surface area contributed by atoms with Crippen LogP contribution < -0.4 is 5.32 Å². The molecular weight excluding hydrogens is 432 g/mol. The molecule has 10 nitrogen and oxygen atoms in total. The quantitative estimate of drug-likeness (QED) is 0.585. The molecule has 0 unspecified atom stereocenters. The van der Waals surface area contributed by atoms with Crippen molar-refractivity contribution < 1.29 is 9.53 Å². The van der Waals surface area contributed by atoms with Crippen molar-refractivity contribution in [2.45, 2.75) is 52.9 Å². The highest BCUT2D eigenvalue weighted by molar-refractivity contribution is 5.94. The van der Waals surface area contributed by atoms with Crippen molar-refractivity contribution in [2.75, 3.05) is 13.1 Å². The van der Waals surface area contributed by atoms with E-state index in [0.717, 1.165) is 29.9 Å². The van der Waals surface area contributed by atoms with Gasteiger partial charge in [-0.3, -0.25) is 4.90 Å². The number of nitrogens with zero attached hydrogens (tertiary/aromatic N) is 7. The second kappa shape index (κ2) is 8.59. The number of hydrogen-bond acceptors (Lipinski definition) is 9. The molecule has 174 valence electrons. The summed E-state index contributed by atoms with van der Waals surface area (Å²) in [6.07, 6.45) is 1.73. The third-order valence-corrected chi connectivity index (χ3v) is 6.52. The number of cyclic esters (lactones) is 1. The molecule has 10 heteroatoms. The largest absolute Gasteiger partial charge is 0.457 e. The fourth-order valence-electron chi connectivity index (χ4n) is 4.87. The van der Waals surface area contributed by atoms with Gasteiger partial charge in [-0.2, -0.15) is 10.4 Å². The number of aryl methyl sites for hydroxylation is 2. The van der Waals surface area contributed by atoms with Gasteiger partial charge in [0.25, 0.3) is 5.95 Å². The van der Waals surface area contributed by atoms with Gasteiger partial charge >= 0.3 is 5.97 Å². The lowest BCUT2D eigenvalue weighted by Gasteiger charge is -2.38. The second-order valence-electron chi connectivity index (χ2n) is 9.00. The number of benzene rings is 1. The van der Waals surface area contributed by atoms with Crippen LogP contribution in [0.3, 0.4) is 0 Å². The maximum absolute atomic E-state index is 11.9. The lowest BCUT2D eigenvalue weighted by Crippen LogP contribution is -2.50. The number of fused-ring (bicyclic) bond motifs is 1. The van der Waals surface area contributed by atoms with Crippen LogP contribution in [-0.2, 0) is 17.9 Å². The number of carbonyl (C=O) groups is 1. The maximum atomic E-state index is 11.9. The minimum Gasteiger partial charge on any atom is -0.457 e. The summed E-state index contributed by atoms with van der Waals surface area (Å²) in [5, 5.41) is 21.9. The van der Waals surface area contributed by atoms with Crippen LogP contribution in [0.5, 0.6) is 0 Å². The Morgan fingerprint density at radius 3 is 2.71 bits per heavy atom. The van der Waals surface area contributed by atoms with Gasteiger partial charge in [0.1, 0.15) is 12.7 Å². The third kappa shape index (κ3) is 3.93. The van der Waals surface area contributed by atoms with Gasteiger partial charge in [-0.15, -0.1) is 9.90 Å². The molecule has 34 heavy (non-hydrogen) atoms. The molecule has 0 radical (unpaired) electrons. The van der Waals surface area contributed by atoms with Crippen LogP contribution in [0.2, 0.25) is 0 Å². The van der Waals surface area contributed by atoms with Gasteiger partial charge in [0.05, 0.1) is 34.4 Å². The van der Waals surface area contributed by atoms with Gasteiger partial charge in [0, 0.05) is 37.3 Å². The minimum atomic E-state index is -0.240. The predicted molar refractivity (Wildman–Crippen MR) is 122 cm³/mol. The molecule has 1 N–H and O–H groups in total. The molecule has 0 aliphatic carbocycles. The molecule has 0 amide bonds. The van der Waals surface area contributed by atoms with Crippen LogP contribution in [0.4, 0.5) is 0 Å². The van der Waals surface area contributed by atoms with E-state index in [9.17, 15) is 10.1 Å². The molecule has 2 aliphatic rings. The number of rotatable bonds is 4. The molecule has 2 aliphatic heterocycles. The maximum Gasteiger partial charge on any atom is 0.338 e. The van der Waals surface area contributed by atoms with Gasteiger partial charge in [0.15, 0.2) is 0 Å². The Kier molecular flexibility index (Phi) is 5.59. The van der Waals surface area contributed by atoms with Crippen molar-refractivity contribution >= 4 is 5.97 Å². The van der Waals surface area contributed by atoms with E-state index < -0.39 is 0 Å². The summed E-state index contributed by atoms with van der Waals surface area (Å²) < 4.78 is 5.22. The number of hydrogen-bond donors (Lipinski definition) is 1. The Bertz CT molecular complexity index is 1300. The molecule has 2 atom stereocenters. The molecule has 3 aromatic rings. The van der Waals surface area contributed by atoms with Crippen LogP contribution in [0.15, 0.2) is 18.3 Å². The van der Waals surface area contributed by atoms with Gasteiger partial charge in [-0.1, -0.05) is 6.07 Å². The SMILES string of the molecule is Cc1nc(-n2ncc(CN3C[C@@H](c4ccc5c(c4C)COC5=O)N[C@@H](C)C3)n2)nc(C)c1C#N. The molecular formula is C24H26N8O2. The molecule has 0 bridgehead atoms. The average Bonchev–Trinajstić information content (AvgIpc) is 3.41. The lowest BCUT2D eigenvalue weighted by molar-refractivity contribution is 0.0535. The zero-order valence-electron chi connectivity index (χ0n) is 19.7. The summed E-state index contributed by atoms with van der Waals surface area (Å²) in [6.45, 7) is 10.5. The van der Waals surface area contributed by atoms with Crippen LogP contribution in [0.25, 0.3) is 5.95 Å². The summed E-state index contributed by atoms with van der Waals surface area (Å²) in [7, 11) is 0. The average molecular weight is 459 g/mol. The van der Waals surface area contributed by atoms with Crippen LogP contribution in [-0.4, -0.2) is 55.0 Å². The van der Waals surface area contributed by atoms with Crippen molar-refractivity contribution in [2.24, 2.45) is 0 Å². The van der Waals surface area contributed by atoms with Gasteiger partial charge < -0.3 is 10.1 Å². The van der Waals surface area contributed by atoms with Gasteiger partial charge in [-0.05, 0) is 44.9 Å². The molecule has 5 rings (SSSR count). The van der Waals surface area contributed by atoms with E-state index in [1.165, 1.54) is 10.4 Å². The van der Waals surface area contributed by atoms with Gasteiger partial charge in [-0.25, -0.2) is 14.8 Å². The highest BCUT2D eigenvalue weighted by atomic mass is 16.5. The monoisotopic (exact) mass is 458 g/mol. The number of nitrogens with one attached hydrogen (secondary N) is 1. The molecule has 2 aromatic heterocycles. The Morgan fingerprint density at radius 1 is 1.21 bits per heavy atom. The number of aromatic nitrogens is 5. The molecule has 1 saturated heterocycles. The fourth-order valence-corrected chi connectivity index (χ4v) is 4.87. The van der Waals surface area contributed by atoms with E-state index in [4.69, 9.17) is 4.74 Å². The van der Waals surface area contributed by atoms with Crippen molar-refractivity contribution in [1.29, 1.82) is 5.26 Å². The van der Waals surface area contributed by atoms with Crippen LogP contribution >= 0.6 is 0 Å². The summed E-state index contributed by atoms with van der Waals surface area (Å²) in [6, 6.07) is 6.47. The predicted octanol–water partition coefficient (Wildman–Crippen LogP) is 2.06. The third-order valence-electron chi connectivity index (χ3n) is 6.52. The standard InChI is InChI=1S/C24H26N8O2/c1-13-9-31(11-22(27-13)18-5-6-19-21(14(18)2)12-34-23(19)33)10-17-8-26-32(30-17)24-28-15(3)20(7-25)16(4)29-24/h5-6,8,13,22,27H,9-12H2,1-4H3/t13-,22-/m0/s1. The van der Waals surface area contributed by atoms with E-state index in [1.807, 2.05) is 12.1 Å². The highest BCUT2D eigenvalue weighted by Crippen LogP contribution is 2.31. The fraction of sp³-hybridized carbons (Fsp3) is 0.417. The first-order valence-corrected chi connectivity index (χ1v) is 11.3. The topological polar surface area (TPSA) is 122 Å². The Hall–Kier alpha value is -3.68. The smallest absolute Gasteiger partial charge is 0.338 e. The Labute approximate surface area is 197 Å². The van der Waals surface area contributed by atoms with Crippen LogP contribution in [0.1, 0.15) is 62.7 Å². The van der Waals surface area contributed by atoms with Gasteiger partial charge in [0.2, 0.25) is 0 Å². The summed E-state index contributed by atoms with van der Waals surface area (Å²) in [5.41, 5.74) is 6.49. The molecule has 1 fully saturated rings. The number of nitriles is 1. The van der Waals surface area contributed by atoms with E-state index in [0.29, 0.717) is 41.6 Å². The number of esters is 1. The van der Waals surface area contributed by atoms with E-state index >= 15 is 0 Å². The Morgan fingerprint density at radius 2 is 1.97 bits per heavy atom. The van der Waals surface area contributed by atoms with E-state index in [1.54, 1.807) is 20.0 Å². The zero-order chi connectivity index (χ0) is 24.0. The van der Waals surface area contributed by atoms with Crippen molar-refractivity contribution in [3.63, 3.8) is 0 Å². The zero-order valence-corrected chi connectivity index (χ0v) is 19.7. The van der Waals surface area contributed by atoms with Crippen molar-refractivity contribution in [3.8, 4) is 12.0 Å². The summed E-state index contributed by atoms with van der Waals surface area (Å²) >= 11 is 0. The number of ether oxygens (including phenoxy) is 1. The number of carbonyl (C=O) groups excluding carboxylic acids is 1. The molecule has 0 spiro atoms. The van der Waals surface area contributed by atoms with E-state index in [2.05, 4.69) is 50.3 Å². The Balaban J connectivity index is 1.34. The summed E-state index contributed by atoms with van der Waals surface area (Å²) in [5.74, 6) is 0.119. The first-order valence-electron chi connectivity index (χ1n) is 11.3. The minimum absolute atomic E-state index is 0.131. The number of piperazine rings is 1. The lowest BCUT2D eigenvalue weighted by atomic mass is 9.92. The molecule has 1 aromatic carbocycles. The first-order chi connectivity index (χ1) is 16.3. The van der Waals surface area contributed by atoms with E-state index in [-0.39, 0.29) is 18.1 Å². The second-order valence-corrected chi connectivity index (χ2v) is 9.00. The van der Waals surface area contributed by atoms with Crippen LogP contribution in [0, 0.1) is 32.1 Å².